The van der Waals surface area contributed by atoms with E-state index in [2.05, 4.69) is 15.6 Å². The molecule has 98 valence electrons. The van der Waals surface area contributed by atoms with Crippen molar-refractivity contribution in [1.82, 2.24) is 20.3 Å². The summed E-state index contributed by atoms with van der Waals surface area (Å²) in [7, 11) is 0. The van der Waals surface area contributed by atoms with E-state index in [1.807, 2.05) is 36.5 Å². The Labute approximate surface area is 110 Å². The molecule has 1 atom stereocenters. The Kier molecular flexibility index (Phi) is 3.24. The fourth-order valence-corrected chi connectivity index (χ4v) is 1.76. The Balaban J connectivity index is 1.54. The van der Waals surface area contributed by atoms with E-state index in [4.69, 9.17) is 4.74 Å². The van der Waals surface area contributed by atoms with E-state index < -0.39 is 0 Å². The van der Waals surface area contributed by atoms with Gasteiger partial charge in [0.05, 0.1) is 19.3 Å². The highest BCUT2D eigenvalue weighted by Gasteiger charge is 2.30. The van der Waals surface area contributed by atoms with E-state index in [1.54, 1.807) is 4.68 Å². The second-order valence-electron chi connectivity index (χ2n) is 4.35. The molecule has 3 rings (SSSR count). The van der Waals surface area contributed by atoms with Crippen molar-refractivity contribution >= 4 is 5.91 Å². The van der Waals surface area contributed by atoms with Crippen molar-refractivity contribution in [3.63, 3.8) is 0 Å². The molecule has 1 aliphatic heterocycles. The van der Waals surface area contributed by atoms with Crippen molar-refractivity contribution in [1.29, 1.82) is 0 Å². The number of aromatic nitrogens is 3. The number of carbonyl (C=O) groups excluding carboxylic acids is 1. The Morgan fingerprint density at radius 2 is 2.21 bits per heavy atom. The van der Waals surface area contributed by atoms with Gasteiger partial charge in [-0.15, -0.1) is 5.10 Å². The lowest BCUT2D eigenvalue weighted by Crippen LogP contribution is -2.31. The molecule has 2 aromatic rings. The highest BCUT2D eigenvalue weighted by Crippen LogP contribution is 2.14. The first-order valence-electron chi connectivity index (χ1n) is 6.18. The number of hydrogen-bond acceptors (Lipinski definition) is 4. The summed E-state index contributed by atoms with van der Waals surface area (Å²) in [5, 5.41) is 10.9. The molecule has 1 aromatic heterocycles. The van der Waals surface area contributed by atoms with Crippen LogP contribution in [0.2, 0.25) is 0 Å². The molecule has 0 saturated carbocycles. The van der Waals surface area contributed by atoms with Crippen molar-refractivity contribution < 1.29 is 9.53 Å². The minimum atomic E-state index is -0.240. The molecular formula is C13H14N4O2. The van der Waals surface area contributed by atoms with E-state index in [9.17, 15) is 4.79 Å². The lowest BCUT2D eigenvalue weighted by atomic mass is 10.2. The molecule has 19 heavy (non-hydrogen) atoms. The highest BCUT2D eigenvalue weighted by molar-refractivity contribution is 5.82. The summed E-state index contributed by atoms with van der Waals surface area (Å²) in [6.07, 6.45) is 1.63. The number of nitrogens with one attached hydrogen (secondary N) is 1. The fraction of sp³-hybridized carbons (Fsp3) is 0.308. The smallest absolute Gasteiger partial charge is 0.251 e. The van der Waals surface area contributed by atoms with Gasteiger partial charge in [0, 0.05) is 12.1 Å². The van der Waals surface area contributed by atoms with Crippen molar-refractivity contribution in [2.45, 2.75) is 12.6 Å². The van der Waals surface area contributed by atoms with Gasteiger partial charge in [-0.2, -0.15) is 0 Å². The second kappa shape index (κ2) is 5.19. The minimum Gasteiger partial charge on any atom is -0.363 e. The molecule has 6 heteroatoms. The summed E-state index contributed by atoms with van der Waals surface area (Å²) < 4.78 is 6.61. The molecule has 2 heterocycles. The van der Waals surface area contributed by atoms with Gasteiger partial charge in [0.2, 0.25) is 0 Å². The van der Waals surface area contributed by atoms with E-state index in [0.717, 1.165) is 11.3 Å². The zero-order valence-electron chi connectivity index (χ0n) is 10.3. The van der Waals surface area contributed by atoms with Crippen LogP contribution < -0.4 is 5.32 Å². The summed E-state index contributed by atoms with van der Waals surface area (Å²) in [6.45, 7) is 1.65. The number of rotatable bonds is 5. The summed E-state index contributed by atoms with van der Waals surface area (Å²) in [4.78, 5) is 11.3. The minimum absolute atomic E-state index is 0.0524. The Morgan fingerprint density at radius 3 is 2.95 bits per heavy atom. The predicted molar refractivity (Wildman–Crippen MR) is 68.2 cm³/mol. The average Bonchev–Trinajstić information content (AvgIpc) is 3.20. The SMILES string of the molecule is O=C(NCCn1cc(-c2ccccc2)nn1)C1CO1. The molecule has 0 bridgehead atoms. The van der Waals surface area contributed by atoms with Crippen LogP contribution in [0.4, 0.5) is 0 Å². The summed E-state index contributed by atoms with van der Waals surface area (Å²) in [6, 6.07) is 9.86. The molecule has 1 aromatic carbocycles. The highest BCUT2D eigenvalue weighted by atomic mass is 16.6. The Hall–Kier alpha value is -2.21. The second-order valence-corrected chi connectivity index (χ2v) is 4.35. The van der Waals surface area contributed by atoms with Crippen LogP contribution in [-0.4, -0.2) is 40.2 Å². The normalized spacial score (nSPS) is 17.2. The van der Waals surface area contributed by atoms with Gasteiger partial charge in [0.1, 0.15) is 5.69 Å². The topological polar surface area (TPSA) is 72.3 Å². The molecule has 1 N–H and O–H groups in total. The zero-order chi connectivity index (χ0) is 13.1. The van der Waals surface area contributed by atoms with Crippen molar-refractivity contribution in [3.05, 3.63) is 36.5 Å². The molecule has 1 fully saturated rings. The lowest BCUT2D eigenvalue weighted by molar-refractivity contribution is -0.122. The largest absolute Gasteiger partial charge is 0.363 e. The molecule has 1 amide bonds. The Morgan fingerprint density at radius 1 is 1.42 bits per heavy atom. The Bertz CT molecular complexity index is 563. The van der Waals surface area contributed by atoms with Crippen molar-refractivity contribution in [3.8, 4) is 11.3 Å². The molecule has 0 radical (unpaired) electrons. The first-order valence-corrected chi connectivity index (χ1v) is 6.18. The number of epoxide rings is 1. The van der Waals surface area contributed by atoms with Crippen LogP contribution in [-0.2, 0) is 16.1 Å². The van der Waals surface area contributed by atoms with Crippen LogP contribution in [0.1, 0.15) is 0 Å². The predicted octanol–water partition coefficient (Wildman–Crippen LogP) is 0.460. The van der Waals surface area contributed by atoms with Crippen LogP contribution >= 0.6 is 0 Å². The quantitative estimate of drug-likeness (QED) is 0.791. The van der Waals surface area contributed by atoms with Gasteiger partial charge in [-0.05, 0) is 0 Å². The zero-order valence-corrected chi connectivity index (χ0v) is 10.3. The maximum absolute atomic E-state index is 11.3. The maximum Gasteiger partial charge on any atom is 0.251 e. The molecule has 6 nitrogen and oxygen atoms in total. The molecule has 0 spiro atoms. The van der Waals surface area contributed by atoms with E-state index in [0.29, 0.717) is 19.7 Å². The van der Waals surface area contributed by atoms with Gasteiger partial charge in [-0.25, -0.2) is 0 Å². The van der Waals surface area contributed by atoms with Gasteiger partial charge < -0.3 is 10.1 Å². The van der Waals surface area contributed by atoms with Crippen LogP contribution in [0.25, 0.3) is 11.3 Å². The van der Waals surface area contributed by atoms with Crippen LogP contribution in [0, 0.1) is 0 Å². The van der Waals surface area contributed by atoms with Gasteiger partial charge >= 0.3 is 0 Å². The number of nitrogens with zero attached hydrogens (tertiary/aromatic N) is 3. The van der Waals surface area contributed by atoms with Crippen LogP contribution in [0.3, 0.4) is 0 Å². The first kappa shape index (κ1) is 11.9. The van der Waals surface area contributed by atoms with Crippen molar-refractivity contribution in [2.24, 2.45) is 0 Å². The monoisotopic (exact) mass is 258 g/mol. The summed E-state index contributed by atoms with van der Waals surface area (Å²) in [5.41, 5.74) is 1.86. The van der Waals surface area contributed by atoms with Crippen LogP contribution in [0.15, 0.2) is 36.5 Å². The number of carbonyl (C=O) groups is 1. The summed E-state index contributed by atoms with van der Waals surface area (Å²) >= 11 is 0. The van der Waals surface area contributed by atoms with Gasteiger partial charge in [-0.3, -0.25) is 9.48 Å². The fourth-order valence-electron chi connectivity index (χ4n) is 1.76. The third-order valence-corrected chi connectivity index (χ3v) is 2.87. The molecule has 1 aliphatic rings. The van der Waals surface area contributed by atoms with Gasteiger partial charge in [0.15, 0.2) is 6.10 Å². The average molecular weight is 258 g/mol. The number of ether oxygens (including phenoxy) is 1. The number of amides is 1. The lowest BCUT2D eigenvalue weighted by Gasteiger charge is -2.02. The van der Waals surface area contributed by atoms with E-state index in [-0.39, 0.29) is 12.0 Å². The molecular weight excluding hydrogens is 244 g/mol. The molecule has 0 aliphatic carbocycles. The maximum atomic E-state index is 11.3. The first-order chi connectivity index (χ1) is 9.33. The van der Waals surface area contributed by atoms with Gasteiger partial charge in [-0.1, -0.05) is 35.5 Å². The molecule has 1 saturated heterocycles. The van der Waals surface area contributed by atoms with E-state index >= 15 is 0 Å². The summed E-state index contributed by atoms with van der Waals surface area (Å²) in [5.74, 6) is -0.0524. The number of benzene rings is 1. The van der Waals surface area contributed by atoms with Crippen molar-refractivity contribution in [2.75, 3.05) is 13.2 Å². The standard InChI is InChI=1S/C13H14N4O2/c18-13(12-9-19-12)14-6-7-17-8-11(15-16-17)10-4-2-1-3-5-10/h1-5,8,12H,6-7,9H2,(H,14,18). The van der Waals surface area contributed by atoms with Crippen LogP contribution in [0.5, 0.6) is 0 Å². The molecule has 1 unspecified atom stereocenters. The number of hydrogen-bond donors (Lipinski definition) is 1. The van der Waals surface area contributed by atoms with E-state index in [1.165, 1.54) is 0 Å². The van der Waals surface area contributed by atoms with Gasteiger partial charge in [0.25, 0.3) is 5.91 Å². The third-order valence-electron chi connectivity index (χ3n) is 2.87. The third kappa shape index (κ3) is 2.97.